The van der Waals surface area contributed by atoms with E-state index in [1.165, 1.54) is 18.6 Å². The molecule has 2 aliphatic rings. The van der Waals surface area contributed by atoms with Crippen molar-refractivity contribution in [3.8, 4) is 17.4 Å². The smallest absolute Gasteiger partial charge is 0.274 e. The van der Waals surface area contributed by atoms with Crippen LogP contribution in [0.4, 0.5) is 5.82 Å². The first-order valence-electron chi connectivity index (χ1n) is 11.3. The molecule has 2 saturated heterocycles. The molecule has 1 aromatic carbocycles. The van der Waals surface area contributed by atoms with Gasteiger partial charge in [-0.3, -0.25) is 14.6 Å². The van der Waals surface area contributed by atoms with Gasteiger partial charge in [0.25, 0.3) is 11.8 Å². The lowest BCUT2D eigenvalue weighted by atomic mass is 10.2. The monoisotopic (exact) mass is 476 g/mol. The number of rotatable bonds is 7. The quantitative estimate of drug-likeness (QED) is 0.547. The number of anilines is 1. The van der Waals surface area contributed by atoms with E-state index in [-0.39, 0.29) is 23.6 Å². The molecule has 0 unspecified atom stereocenters. The third-order valence-corrected chi connectivity index (χ3v) is 5.57. The molecule has 0 bridgehead atoms. The number of nitrogens with one attached hydrogen (secondary N) is 1. The minimum atomic E-state index is -0.400. The van der Waals surface area contributed by atoms with E-state index < -0.39 is 5.91 Å². The van der Waals surface area contributed by atoms with Gasteiger partial charge in [0, 0.05) is 31.1 Å². The Morgan fingerprint density at radius 2 is 1.89 bits per heavy atom. The van der Waals surface area contributed by atoms with E-state index in [9.17, 15) is 9.59 Å². The molecule has 0 spiro atoms. The van der Waals surface area contributed by atoms with Crippen molar-refractivity contribution in [1.29, 1.82) is 0 Å². The molecular weight excluding hydrogens is 452 g/mol. The van der Waals surface area contributed by atoms with Crippen LogP contribution in [0.25, 0.3) is 0 Å². The number of nitrogens with zero attached hydrogens (tertiary/aromatic N) is 5. The van der Waals surface area contributed by atoms with E-state index in [4.69, 9.17) is 14.2 Å². The molecule has 180 valence electrons. The number of hydrogen-bond donors (Lipinski definition) is 1. The van der Waals surface area contributed by atoms with Crippen LogP contribution in [0.3, 0.4) is 0 Å². The zero-order chi connectivity index (χ0) is 24.2. The number of likely N-dealkylation sites (tertiary alicyclic amines) is 1. The van der Waals surface area contributed by atoms with E-state index in [1.54, 1.807) is 29.3 Å². The molecule has 2 amide bonds. The Kier molecular flexibility index (Phi) is 6.49. The summed E-state index contributed by atoms with van der Waals surface area (Å²) in [5, 5.41) is 2.72. The van der Waals surface area contributed by atoms with Crippen molar-refractivity contribution in [3.63, 3.8) is 0 Å². The number of carbonyl (C=O) groups is 2. The predicted octanol–water partition coefficient (Wildman–Crippen LogP) is 2.63. The van der Waals surface area contributed by atoms with Crippen molar-refractivity contribution in [2.45, 2.75) is 25.9 Å². The summed E-state index contributed by atoms with van der Waals surface area (Å²) >= 11 is 0. The normalized spacial score (nSPS) is 16.9. The largest absolute Gasteiger partial charge is 0.488 e. The lowest BCUT2D eigenvalue weighted by molar-refractivity contribution is 0.0645. The molecule has 2 aromatic heterocycles. The molecule has 11 heteroatoms. The summed E-state index contributed by atoms with van der Waals surface area (Å²) in [4.78, 5) is 43.6. The standard InChI is InChI=1S/C24H24N6O5/c1-15-10-27-21(12-25-15)29-23(31)16-7-18(34-17-3-6-33-14-17)9-19(8-16)35-22-13-26-20(11-28-22)24(32)30-4-2-5-30/h7-13,17H,2-6,14H2,1H3,(H,27,29,31)/t17-/m0/s1. The van der Waals surface area contributed by atoms with Gasteiger partial charge in [-0.15, -0.1) is 0 Å². The lowest BCUT2D eigenvalue weighted by Gasteiger charge is -2.30. The van der Waals surface area contributed by atoms with Crippen molar-refractivity contribution in [3.05, 3.63) is 59.9 Å². The van der Waals surface area contributed by atoms with Gasteiger partial charge in [0.15, 0.2) is 5.82 Å². The molecule has 2 aliphatic heterocycles. The first kappa shape index (κ1) is 22.7. The Hall–Kier alpha value is -4.12. The van der Waals surface area contributed by atoms with Crippen molar-refractivity contribution in [1.82, 2.24) is 24.8 Å². The summed E-state index contributed by atoms with van der Waals surface area (Å²) in [6.45, 7) is 4.38. The highest BCUT2D eigenvalue weighted by molar-refractivity contribution is 6.04. The van der Waals surface area contributed by atoms with Crippen LogP contribution in [-0.4, -0.2) is 69.1 Å². The third-order valence-electron chi connectivity index (χ3n) is 5.57. The van der Waals surface area contributed by atoms with Gasteiger partial charge in [-0.2, -0.15) is 0 Å². The van der Waals surface area contributed by atoms with Gasteiger partial charge in [-0.05, 0) is 25.5 Å². The number of carbonyl (C=O) groups excluding carboxylic acids is 2. The predicted molar refractivity (Wildman–Crippen MR) is 124 cm³/mol. The second-order valence-corrected chi connectivity index (χ2v) is 8.28. The minimum Gasteiger partial charge on any atom is -0.488 e. The van der Waals surface area contributed by atoms with Crippen LogP contribution in [0.15, 0.2) is 43.0 Å². The van der Waals surface area contributed by atoms with Crippen LogP contribution in [0.2, 0.25) is 0 Å². The van der Waals surface area contributed by atoms with Crippen molar-refractivity contribution >= 4 is 17.6 Å². The number of aromatic nitrogens is 4. The van der Waals surface area contributed by atoms with Crippen LogP contribution < -0.4 is 14.8 Å². The summed E-state index contributed by atoms with van der Waals surface area (Å²) in [5.74, 6) is 0.743. The zero-order valence-corrected chi connectivity index (χ0v) is 19.1. The molecule has 3 aromatic rings. The van der Waals surface area contributed by atoms with Crippen LogP contribution in [0.5, 0.6) is 17.4 Å². The van der Waals surface area contributed by atoms with Crippen molar-refractivity contribution < 1.29 is 23.8 Å². The number of ether oxygens (including phenoxy) is 3. The van der Waals surface area contributed by atoms with Gasteiger partial charge in [0.2, 0.25) is 5.88 Å². The fourth-order valence-corrected chi connectivity index (χ4v) is 3.56. The lowest BCUT2D eigenvalue weighted by Crippen LogP contribution is -2.42. The van der Waals surface area contributed by atoms with Crippen molar-refractivity contribution in [2.75, 3.05) is 31.6 Å². The summed E-state index contributed by atoms with van der Waals surface area (Å²) in [6, 6.07) is 4.86. The van der Waals surface area contributed by atoms with Gasteiger partial charge in [-0.25, -0.2) is 15.0 Å². The number of hydrogen-bond acceptors (Lipinski definition) is 9. The average molecular weight is 476 g/mol. The molecule has 0 radical (unpaired) electrons. The molecular formula is C24H24N6O5. The van der Waals surface area contributed by atoms with Crippen LogP contribution in [-0.2, 0) is 4.74 Å². The fourth-order valence-electron chi connectivity index (χ4n) is 3.56. The second-order valence-electron chi connectivity index (χ2n) is 8.28. The van der Waals surface area contributed by atoms with Gasteiger partial charge in [0.05, 0.1) is 43.7 Å². The third kappa shape index (κ3) is 5.52. The molecule has 1 atom stereocenters. The van der Waals surface area contributed by atoms with E-state index in [0.717, 1.165) is 31.6 Å². The Balaban J connectivity index is 1.35. The summed E-state index contributed by atoms with van der Waals surface area (Å²) in [6.07, 6.45) is 7.46. The first-order valence-corrected chi connectivity index (χ1v) is 11.3. The van der Waals surface area contributed by atoms with Gasteiger partial charge >= 0.3 is 0 Å². The van der Waals surface area contributed by atoms with Crippen molar-refractivity contribution in [2.24, 2.45) is 0 Å². The molecule has 0 aliphatic carbocycles. The maximum Gasteiger partial charge on any atom is 0.274 e. The SMILES string of the molecule is Cc1cnc(NC(=O)c2cc(Oc3cnc(C(=O)N4CCC4)cn3)cc(O[C@H]3CCOC3)c2)cn1. The highest BCUT2D eigenvalue weighted by atomic mass is 16.5. The maximum atomic E-state index is 12.9. The number of aryl methyl sites for hydroxylation is 1. The number of amides is 2. The Morgan fingerprint density at radius 3 is 2.54 bits per heavy atom. The Morgan fingerprint density at radius 1 is 1.03 bits per heavy atom. The summed E-state index contributed by atoms with van der Waals surface area (Å²) in [7, 11) is 0. The van der Waals surface area contributed by atoms with Gasteiger partial charge in [-0.1, -0.05) is 0 Å². The fraction of sp³-hybridized carbons (Fsp3) is 0.333. The molecule has 0 saturated carbocycles. The molecule has 4 heterocycles. The Labute approximate surface area is 201 Å². The van der Waals surface area contributed by atoms with E-state index in [1.807, 2.05) is 6.92 Å². The maximum absolute atomic E-state index is 12.9. The van der Waals surface area contributed by atoms with E-state index in [0.29, 0.717) is 36.1 Å². The highest BCUT2D eigenvalue weighted by Gasteiger charge is 2.23. The summed E-state index contributed by atoms with van der Waals surface area (Å²) in [5.41, 5.74) is 1.30. The first-order chi connectivity index (χ1) is 17.0. The number of benzene rings is 1. The minimum absolute atomic E-state index is 0.115. The molecule has 1 N–H and O–H groups in total. The van der Waals surface area contributed by atoms with Crippen LogP contribution in [0.1, 0.15) is 39.4 Å². The Bertz CT molecular complexity index is 1210. The van der Waals surface area contributed by atoms with E-state index in [2.05, 4.69) is 25.3 Å². The van der Waals surface area contributed by atoms with E-state index >= 15 is 0 Å². The van der Waals surface area contributed by atoms with Gasteiger partial charge in [0.1, 0.15) is 23.3 Å². The molecule has 2 fully saturated rings. The average Bonchev–Trinajstić information content (AvgIpc) is 3.33. The molecule has 5 rings (SSSR count). The molecule has 11 nitrogen and oxygen atoms in total. The summed E-state index contributed by atoms with van der Waals surface area (Å²) < 4.78 is 17.2. The van der Waals surface area contributed by atoms with Crippen LogP contribution in [0, 0.1) is 6.92 Å². The van der Waals surface area contributed by atoms with Gasteiger partial charge < -0.3 is 24.4 Å². The second kappa shape index (κ2) is 10.0. The topological polar surface area (TPSA) is 129 Å². The highest BCUT2D eigenvalue weighted by Crippen LogP contribution is 2.28. The van der Waals surface area contributed by atoms with Crippen LogP contribution >= 0.6 is 0 Å². The zero-order valence-electron chi connectivity index (χ0n) is 19.1. The molecule has 35 heavy (non-hydrogen) atoms.